The molecule has 216 valence electrons. The van der Waals surface area contributed by atoms with Gasteiger partial charge in [0.1, 0.15) is 0 Å². The Morgan fingerprint density at radius 2 is 1.70 bits per heavy atom. The molecule has 0 amide bonds. The van der Waals surface area contributed by atoms with Crippen LogP contribution < -0.4 is 4.90 Å². The highest BCUT2D eigenvalue weighted by atomic mass is 16.5. The van der Waals surface area contributed by atoms with Crippen molar-refractivity contribution in [2.75, 3.05) is 44.3 Å². The summed E-state index contributed by atoms with van der Waals surface area (Å²) in [6, 6.07) is 15.1. The van der Waals surface area contributed by atoms with Gasteiger partial charge in [-0.3, -0.25) is 9.69 Å². The first-order chi connectivity index (χ1) is 19.5. The number of hydrogen-bond acceptors (Lipinski definition) is 5. The fourth-order valence-electron chi connectivity index (χ4n) is 6.01. The lowest BCUT2D eigenvalue weighted by Gasteiger charge is -2.41. The number of carbonyl (C=O) groups is 1. The number of rotatable bonds is 6. The van der Waals surface area contributed by atoms with Gasteiger partial charge in [-0.1, -0.05) is 66.7 Å². The van der Waals surface area contributed by atoms with E-state index in [1.807, 2.05) is 39.8 Å². The minimum atomic E-state index is -0.408. The lowest BCUT2D eigenvalue weighted by atomic mass is 9.79. The normalized spacial score (nSPS) is 16.4. The van der Waals surface area contributed by atoms with Gasteiger partial charge in [-0.15, -0.1) is 0 Å². The number of nitriles is 1. The molecule has 0 unspecified atom stereocenters. The summed E-state index contributed by atoms with van der Waals surface area (Å²) in [5, 5.41) is 10.2. The van der Waals surface area contributed by atoms with E-state index in [0.717, 1.165) is 68.7 Å². The van der Waals surface area contributed by atoms with Gasteiger partial charge in [-0.25, -0.2) is 0 Å². The zero-order valence-electron chi connectivity index (χ0n) is 25.6. The molecule has 0 spiro atoms. The average molecular weight is 545 g/mol. The minimum Gasteiger partial charge on any atom is -0.379 e. The summed E-state index contributed by atoms with van der Waals surface area (Å²) < 4.78 is 5.55. The molecule has 2 fully saturated rings. The molecule has 2 saturated heterocycles. The third-order valence-electron chi connectivity index (χ3n) is 8.27. The molecule has 1 aromatic heterocycles. The van der Waals surface area contributed by atoms with E-state index in [2.05, 4.69) is 59.8 Å². The van der Waals surface area contributed by atoms with Crippen LogP contribution in [0.15, 0.2) is 36.4 Å². The van der Waals surface area contributed by atoms with Gasteiger partial charge in [0, 0.05) is 65.5 Å². The Balaban J connectivity index is 0.00000106. The van der Waals surface area contributed by atoms with Gasteiger partial charge < -0.3 is 14.6 Å². The molecular weight excluding hydrogens is 496 g/mol. The van der Waals surface area contributed by atoms with E-state index >= 15 is 0 Å². The average Bonchev–Trinajstić information content (AvgIpc) is 3.42. The van der Waals surface area contributed by atoms with Crippen LogP contribution in [0.25, 0.3) is 10.9 Å². The molecule has 40 heavy (non-hydrogen) atoms. The predicted molar refractivity (Wildman–Crippen MR) is 167 cm³/mol. The summed E-state index contributed by atoms with van der Waals surface area (Å²) in [5.74, 6) is 0. The van der Waals surface area contributed by atoms with Gasteiger partial charge in [-0.05, 0) is 48.6 Å². The minimum absolute atomic E-state index is 0.408. The molecule has 0 bridgehead atoms. The molecule has 6 heteroatoms. The SMILES string of the molecule is CC.CC.CCc1ccc(C(C)(C)c2[nH]c3cc(C#N)ccc3c2C=O)cc1N1CCC(N2CCOCC2)CC1. The molecule has 3 heterocycles. The number of piperidine rings is 1. The number of anilines is 1. The molecule has 0 atom stereocenters. The van der Waals surface area contributed by atoms with E-state index < -0.39 is 5.41 Å². The Kier molecular flexibility index (Phi) is 11.4. The second kappa shape index (κ2) is 14.5. The summed E-state index contributed by atoms with van der Waals surface area (Å²) in [5.41, 5.74) is 6.44. The summed E-state index contributed by atoms with van der Waals surface area (Å²) in [7, 11) is 0. The quantitative estimate of drug-likeness (QED) is 0.335. The number of ether oxygens (including phenoxy) is 1. The van der Waals surface area contributed by atoms with E-state index in [-0.39, 0.29) is 0 Å². The summed E-state index contributed by atoms with van der Waals surface area (Å²) in [6.45, 7) is 20.5. The van der Waals surface area contributed by atoms with Crippen molar-refractivity contribution in [3.63, 3.8) is 0 Å². The number of aromatic nitrogens is 1. The van der Waals surface area contributed by atoms with Gasteiger partial charge in [-0.2, -0.15) is 5.26 Å². The third-order valence-corrected chi connectivity index (χ3v) is 8.27. The molecular formula is C34H48N4O2. The summed E-state index contributed by atoms with van der Waals surface area (Å²) >= 11 is 0. The van der Waals surface area contributed by atoms with Crippen LogP contribution >= 0.6 is 0 Å². The molecule has 0 radical (unpaired) electrons. The second-order valence-electron chi connectivity index (χ2n) is 10.6. The highest BCUT2D eigenvalue weighted by molar-refractivity contribution is 6.00. The van der Waals surface area contributed by atoms with E-state index in [0.29, 0.717) is 17.2 Å². The molecule has 2 aliphatic rings. The van der Waals surface area contributed by atoms with Gasteiger partial charge >= 0.3 is 0 Å². The monoisotopic (exact) mass is 544 g/mol. The molecule has 6 nitrogen and oxygen atoms in total. The van der Waals surface area contributed by atoms with Gasteiger partial charge in [0.05, 0.1) is 24.8 Å². The molecule has 5 rings (SSSR count). The van der Waals surface area contributed by atoms with E-state index in [9.17, 15) is 10.1 Å². The van der Waals surface area contributed by atoms with Crippen molar-refractivity contribution in [3.8, 4) is 6.07 Å². The number of nitrogens with one attached hydrogen (secondary N) is 1. The molecule has 1 N–H and O–H groups in total. The highest BCUT2D eigenvalue weighted by Gasteiger charge is 2.31. The molecule has 2 aliphatic heterocycles. The fraction of sp³-hybridized carbons (Fsp3) is 0.529. The number of aromatic amines is 1. The fourth-order valence-corrected chi connectivity index (χ4v) is 6.01. The van der Waals surface area contributed by atoms with Gasteiger partial charge in [0.25, 0.3) is 0 Å². The number of benzene rings is 2. The van der Waals surface area contributed by atoms with Crippen molar-refractivity contribution in [2.45, 2.75) is 79.2 Å². The standard InChI is InChI=1S/C30H36N4O2.2C2H6/c1-4-22-6-7-23(18-28(22)34-11-9-24(10-12-34)33-13-15-36-16-14-33)30(2,3)29-26(20-35)25-8-5-21(19-31)17-27(25)32-29;2*1-2/h5-8,17-18,20,24,32H,4,9-16H2,1-3H3;2*1-2H3. The van der Waals surface area contributed by atoms with Crippen molar-refractivity contribution in [3.05, 3.63) is 64.3 Å². The Bertz CT molecular complexity index is 1290. The predicted octanol–water partition coefficient (Wildman–Crippen LogP) is 7.09. The van der Waals surface area contributed by atoms with Crippen LogP contribution in [-0.2, 0) is 16.6 Å². The van der Waals surface area contributed by atoms with Crippen molar-refractivity contribution < 1.29 is 9.53 Å². The Hall–Kier alpha value is -3.14. The molecule has 0 aliphatic carbocycles. The number of aldehydes is 1. The van der Waals surface area contributed by atoms with Crippen molar-refractivity contribution in [2.24, 2.45) is 0 Å². The van der Waals surface area contributed by atoms with E-state index in [1.54, 1.807) is 6.07 Å². The first kappa shape index (κ1) is 31.4. The number of fused-ring (bicyclic) bond motifs is 1. The Morgan fingerprint density at radius 1 is 1.02 bits per heavy atom. The maximum atomic E-state index is 12.2. The first-order valence-electron chi connectivity index (χ1n) is 15.2. The molecule has 0 saturated carbocycles. The van der Waals surface area contributed by atoms with Crippen LogP contribution in [0.5, 0.6) is 0 Å². The van der Waals surface area contributed by atoms with Crippen LogP contribution in [-0.4, -0.2) is 61.6 Å². The van der Waals surface area contributed by atoms with Crippen LogP contribution in [0.3, 0.4) is 0 Å². The summed E-state index contributed by atoms with van der Waals surface area (Å²) in [6.07, 6.45) is 4.28. The maximum absolute atomic E-state index is 12.2. The smallest absolute Gasteiger partial charge is 0.152 e. The first-order valence-corrected chi connectivity index (χ1v) is 15.2. The van der Waals surface area contributed by atoms with Crippen LogP contribution in [0.2, 0.25) is 0 Å². The number of nitrogens with zero attached hydrogens (tertiary/aromatic N) is 3. The number of morpholine rings is 1. The lowest BCUT2D eigenvalue weighted by molar-refractivity contribution is 0.0115. The maximum Gasteiger partial charge on any atom is 0.152 e. The Labute approximate surface area is 241 Å². The number of aryl methyl sites for hydroxylation is 1. The van der Waals surface area contributed by atoms with Gasteiger partial charge in [0.2, 0.25) is 0 Å². The van der Waals surface area contributed by atoms with Gasteiger partial charge in [0.15, 0.2) is 6.29 Å². The number of carbonyl (C=O) groups excluding carboxylic acids is 1. The van der Waals surface area contributed by atoms with Crippen molar-refractivity contribution in [1.82, 2.24) is 9.88 Å². The van der Waals surface area contributed by atoms with E-state index in [1.165, 1.54) is 29.7 Å². The Morgan fingerprint density at radius 3 is 2.30 bits per heavy atom. The molecule has 3 aromatic rings. The lowest BCUT2D eigenvalue weighted by Crippen LogP contribution is -2.49. The largest absolute Gasteiger partial charge is 0.379 e. The number of hydrogen-bond donors (Lipinski definition) is 1. The second-order valence-corrected chi connectivity index (χ2v) is 10.6. The van der Waals surface area contributed by atoms with Crippen LogP contribution in [0.4, 0.5) is 5.69 Å². The molecule has 2 aromatic carbocycles. The van der Waals surface area contributed by atoms with Crippen molar-refractivity contribution in [1.29, 1.82) is 5.26 Å². The summed E-state index contributed by atoms with van der Waals surface area (Å²) in [4.78, 5) is 20.9. The number of H-pyrrole nitrogens is 1. The zero-order valence-corrected chi connectivity index (χ0v) is 25.6. The van der Waals surface area contributed by atoms with Crippen LogP contribution in [0, 0.1) is 11.3 Å². The van der Waals surface area contributed by atoms with E-state index in [4.69, 9.17) is 4.74 Å². The highest BCUT2D eigenvalue weighted by Crippen LogP contribution is 2.39. The van der Waals surface area contributed by atoms with Crippen molar-refractivity contribution >= 4 is 22.9 Å². The zero-order chi connectivity index (χ0) is 29.3. The topological polar surface area (TPSA) is 72.4 Å². The third kappa shape index (κ3) is 6.43. The van der Waals surface area contributed by atoms with Crippen LogP contribution in [0.1, 0.15) is 94.1 Å².